The number of fused-ring (bicyclic) bond motifs is 2. The Balaban J connectivity index is 1.88. The van der Waals surface area contributed by atoms with Gasteiger partial charge in [0.15, 0.2) is 0 Å². The van der Waals surface area contributed by atoms with Crippen molar-refractivity contribution >= 4 is 0 Å². The Kier molecular flexibility index (Phi) is 1.94. The zero-order valence-corrected chi connectivity index (χ0v) is 9.00. The zero-order chi connectivity index (χ0) is 9.76. The molecule has 3 aliphatic rings. The highest BCUT2D eigenvalue weighted by molar-refractivity contribution is 5.06. The molecule has 0 radical (unpaired) electrons. The maximum absolute atomic E-state index is 10.7. The molecular weight excluding hydrogens is 174 g/mol. The van der Waals surface area contributed by atoms with E-state index in [4.69, 9.17) is 0 Å². The summed E-state index contributed by atoms with van der Waals surface area (Å²) in [7, 11) is 1.96. The summed E-state index contributed by atoms with van der Waals surface area (Å²) in [5.74, 6) is 3.25. The lowest BCUT2D eigenvalue weighted by atomic mass is 9.65. The van der Waals surface area contributed by atoms with Crippen LogP contribution >= 0.6 is 0 Å². The standard InChI is InChI=1S/C12H21NO/c1-13-7-12(14)6-9-2-8-3-10(4-9)11(12)5-8/h8-11,13-14H,2-7H2,1H3/t8-,9+,10-,11-,12+/m1/s1. The molecule has 0 aromatic carbocycles. The Morgan fingerprint density at radius 3 is 2.79 bits per heavy atom. The number of hydrogen-bond donors (Lipinski definition) is 2. The molecule has 0 aromatic rings. The molecule has 0 heterocycles. The number of aliphatic hydroxyl groups is 1. The monoisotopic (exact) mass is 195 g/mol. The summed E-state index contributed by atoms with van der Waals surface area (Å²) < 4.78 is 0. The summed E-state index contributed by atoms with van der Waals surface area (Å²) in [5.41, 5.74) is -0.367. The molecule has 0 aliphatic heterocycles. The van der Waals surface area contributed by atoms with Gasteiger partial charge < -0.3 is 10.4 Å². The molecule has 3 fully saturated rings. The highest BCUT2D eigenvalue weighted by Gasteiger charge is 2.55. The lowest BCUT2D eigenvalue weighted by molar-refractivity contribution is -0.0777. The first-order valence-corrected chi connectivity index (χ1v) is 6.08. The van der Waals surface area contributed by atoms with Crippen LogP contribution in [0.3, 0.4) is 0 Å². The second-order valence-electron chi connectivity index (χ2n) is 5.88. The van der Waals surface area contributed by atoms with E-state index in [9.17, 15) is 5.11 Å². The van der Waals surface area contributed by atoms with E-state index < -0.39 is 0 Å². The lowest BCUT2D eigenvalue weighted by Crippen LogP contribution is -2.51. The van der Waals surface area contributed by atoms with Crippen LogP contribution < -0.4 is 5.32 Å². The molecule has 3 aliphatic carbocycles. The van der Waals surface area contributed by atoms with E-state index in [1.54, 1.807) is 0 Å². The molecule has 14 heavy (non-hydrogen) atoms. The fourth-order valence-corrected chi connectivity index (χ4v) is 4.67. The fourth-order valence-electron chi connectivity index (χ4n) is 4.67. The van der Waals surface area contributed by atoms with Crippen molar-refractivity contribution in [2.24, 2.45) is 23.7 Å². The molecule has 3 rings (SSSR count). The third kappa shape index (κ3) is 1.17. The Labute approximate surface area is 86.1 Å². The predicted molar refractivity (Wildman–Crippen MR) is 55.9 cm³/mol. The third-order valence-corrected chi connectivity index (χ3v) is 4.91. The van der Waals surface area contributed by atoms with Crippen molar-refractivity contribution in [1.82, 2.24) is 5.32 Å². The second kappa shape index (κ2) is 2.96. The van der Waals surface area contributed by atoms with E-state index in [-0.39, 0.29) is 5.60 Å². The van der Waals surface area contributed by atoms with Crippen molar-refractivity contribution in [3.8, 4) is 0 Å². The average molecular weight is 195 g/mol. The molecule has 2 N–H and O–H groups in total. The molecule has 5 atom stereocenters. The molecule has 0 spiro atoms. The Bertz CT molecular complexity index is 240. The molecule has 3 saturated carbocycles. The van der Waals surface area contributed by atoms with Crippen molar-refractivity contribution in [3.05, 3.63) is 0 Å². The van der Waals surface area contributed by atoms with Crippen LogP contribution in [0.25, 0.3) is 0 Å². The summed E-state index contributed by atoms with van der Waals surface area (Å²) in [5, 5.41) is 13.9. The fraction of sp³-hybridized carbons (Fsp3) is 1.00. The zero-order valence-electron chi connectivity index (χ0n) is 9.00. The number of likely N-dealkylation sites (N-methyl/N-ethyl adjacent to an activating group) is 1. The number of nitrogens with one attached hydrogen (secondary N) is 1. The minimum atomic E-state index is -0.367. The largest absolute Gasteiger partial charge is 0.388 e. The van der Waals surface area contributed by atoms with Crippen LogP contribution in [-0.2, 0) is 0 Å². The highest BCUT2D eigenvalue weighted by Crippen LogP contribution is 2.58. The topological polar surface area (TPSA) is 32.3 Å². The normalized spacial score (nSPS) is 55.3. The summed E-state index contributed by atoms with van der Waals surface area (Å²) in [6.45, 7) is 0.803. The summed E-state index contributed by atoms with van der Waals surface area (Å²) >= 11 is 0. The van der Waals surface area contributed by atoms with E-state index in [2.05, 4.69) is 5.32 Å². The predicted octanol–water partition coefficient (Wildman–Crippen LogP) is 1.39. The quantitative estimate of drug-likeness (QED) is 0.698. The molecule has 80 valence electrons. The third-order valence-electron chi connectivity index (χ3n) is 4.91. The number of rotatable bonds is 2. The number of hydrogen-bond acceptors (Lipinski definition) is 2. The van der Waals surface area contributed by atoms with Gasteiger partial charge in [0.25, 0.3) is 0 Å². The SMILES string of the molecule is CNC[C@@]1(O)C[C@H]2C[C@@H]3C[C@H](C2)[C@H]1C3. The van der Waals surface area contributed by atoms with Gasteiger partial charge in [-0.3, -0.25) is 0 Å². The molecule has 0 aromatic heterocycles. The van der Waals surface area contributed by atoms with Crippen LogP contribution in [0.2, 0.25) is 0 Å². The van der Waals surface area contributed by atoms with Gasteiger partial charge in [0, 0.05) is 6.54 Å². The van der Waals surface area contributed by atoms with Crippen LogP contribution in [0, 0.1) is 23.7 Å². The maximum atomic E-state index is 10.7. The van der Waals surface area contributed by atoms with Gasteiger partial charge in [-0.25, -0.2) is 0 Å². The molecule has 3 bridgehead atoms. The van der Waals surface area contributed by atoms with Crippen molar-refractivity contribution in [3.63, 3.8) is 0 Å². The first-order chi connectivity index (χ1) is 6.71. The maximum Gasteiger partial charge on any atom is 0.0804 e. The van der Waals surface area contributed by atoms with Gasteiger partial charge >= 0.3 is 0 Å². The Morgan fingerprint density at radius 2 is 2.00 bits per heavy atom. The summed E-state index contributed by atoms with van der Waals surface area (Å²) in [6.07, 6.45) is 6.59. The molecule has 0 amide bonds. The second-order valence-corrected chi connectivity index (χ2v) is 5.88. The Hall–Kier alpha value is -0.0800. The summed E-state index contributed by atoms with van der Waals surface area (Å²) in [6, 6.07) is 0. The van der Waals surface area contributed by atoms with Crippen molar-refractivity contribution in [2.75, 3.05) is 13.6 Å². The minimum absolute atomic E-state index is 0.367. The minimum Gasteiger partial charge on any atom is -0.388 e. The lowest BCUT2D eigenvalue weighted by Gasteiger charge is -2.45. The smallest absolute Gasteiger partial charge is 0.0804 e. The van der Waals surface area contributed by atoms with E-state index in [0.29, 0.717) is 5.92 Å². The van der Waals surface area contributed by atoms with Crippen molar-refractivity contribution in [1.29, 1.82) is 0 Å². The van der Waals surface area contributed by atoms with E-state index in [1.165, 1.54) is 25.7 Å². The van der Waals surface area contributed by atoms with Crippen LogP contribution in [0.5, 0.6) is 0 Å². The van der Waals surface area contributed by atoms with Crippen LogP contribution in [0.1, 0.15) is 32.1 Å². The van der Waals surface area contributed by atoms with E-state index in [0.717, 1.165) is 30.7 Å². The van der Waals surface area contributed by atoms with Gasteiger partial charge in [-0.2, -0.15) is 0 Å². The van der Waals surface area contributed by atoms with Crippen LogP contribution in [0.15, 0.2) is 0 Å². The summed E-state index contributed by atoms with van der Waals surface area (Å²) in [4.78, 5) is 0. The van der Waals surface area contributed by atoms with E-state index in [1.807, 2.05) is 7.05 Å². The van der Waals surface area contributed by atoms with Gasteiger partial charge in [0.1, 0.15) is 0 Å². The molecular formula is C12H21NO. The van der Waals surface area contributed by atoms with Crippen LogP contribution in [-0.4, -0.2) is 24.3 Å². The highest BCUT2D eigenvalue weighted by atomic mass is 16.3. The average Bonchev–Trinajstić information content (AvgIpc) is 2.36. The first-order valence-electron chi connectivity index (χ1n) is 6.08. The van der Waals surface area contributed by atoms with E-state index >= 15 is 0 Å². The first kappa shape index (κ1) is 9.17. The van der Waals surface area contributed by atoms with Gasteiger partial charge in [0.05, 0.1) is 5.60 Å². The van der Waals surface area contributed by atoms with Crippen molar-refractivity contribution < 1.29 is 5.11 Å². The van der Waals surface area contributed by atoms with Gasteiger partial charge in [-0.1, -0.05) is 0 Å². The van der Waals surface area contributed by atoms with Gasteiger partial charge in [-0.15, -0.1) is 0 Å². The van der Waals surface area contributed by atoms with Gasteiger partial charge in [0.2, 0.25) is 0 Å². The molecule has 0 saturated heterocycles. The van der Waals surface area contributed by atoms with Crippen molar-refractivity contribution in [2.45, 2.75) is 37.7 Å². The molecule has 2 nitrogen and oxygen atoms in total. The Morgan fingerprint density at radius 1 is 1.21 bits per heavy atom. The van der Waals surface area contributed by atoms with Crippen LogP contribution in [0.4, 0.5) is 0 Å². The molecule has 0 unspecified atom stereocenters. The molecule has 2 heteroatoms. The van der Waals surface area contributed by atoms with Gasteiger partial charge in [-0.05, 0) is 62.8 Å².